The Morgan fingerprint density at radius 1 is 1.67 bits per heavy atom. The standard InChI is InChI=1S/C3H6O2.CH2O3/c4-1-3-2-5-3;2-1(3)4/h3-4H,1-2H2;(H2,2,3,4). The van der Waals surface area contributed by atoms with Crippen LogP contribution in [0.25, 0.3) is 0 Å². The molecule has 0 aromatic rings. The summed E-state index contributed by atoms with van der Waals surface area (Å²) in [5, 5.41) is 22.0. The molecule has 54 valence electrons. The van der Waals surface area contributed by atoms with Gasteiger partial charge >= 0.3 is 6.16 Å². The Kier molecular flexibility index (Phi) is 3.74. The van der Waals surface area contributed by atoms with Gasteiger partial charge in [-0.2, -0.15) is 0 Å². The summed E-state index contributed by atoms with van der Waals surface area (Å²) in [6.07, 6.45) is -1.64. The first-order valence-electron chi connectivity index (χ1n) is 2.31. The summed E-state index contributed by atoms with van der Waals surface area (Å²) >= 11 is 0. The van der Waals surface area contributed by atoms with Gasteiger partial charge < -0.3 is 20.1 Å². The maximum atomic E-state index is 8.56. The number of hydrogen-bond donors (Lipinski definition) is 3. The van der Waals surface area contributed by atoms with E-state index in [0.717, 1.165) is 6.61 Å². The van der Waals surface area contributed by atoms with Crippen molar-refractivity contribution in [2.75, 3.05) is 13.2 Å². The molecule has 1 aliphatic rings. The van der Waals surface area contributed by atoms with E-state index in [9.17, 15) is 0 Å². The molecule has 0 spiro atoms. The fraction of sp³-hybridized carbons (Fsp3) is 0.750. The largest absolute Gasteiger partial charge is 0.503 e. The second-order valence-electron chi connectivity index (χ2n) is 1.42. The number of ether oxygens (including phenoxy) is 1. The molecule has 1 rings (SSSR count). The Labute approximate surface area is 51.5 Å². The van der Waals surface area contributed by atoms with Crippen LogP contribution < -0.4 is 0 Å². The minimum absolute atomic E-state index is 0.190. The summed E-state index contributed by atoms with van der Waals surface area (Å²) in [6, 6.07) is 0. The van der Waals surface area contributed by atoms with Gasteiger partial charge in [-0.15, -0.1) is 0 Å². The molecule has 0 aliphatic carbocycles. The van der Waals surface area contributed by atoms with Crippen LogP contribution in [0.3, 0.4) is 0 Å². The lowest BCUT2D eigenvalue weighted by Crippen LogP contribution is -1.88. The minimum Gasteiger partial charge on any atom is -0.450 e. The van der Waals surface area contributed by atoms with Crippen molar-refractivity contribution in [3.63, 3.8) is 0 Å². The maximum Gasteiger partial charge on any atom is 0.503 e. The molecule has 5 nitrogen and oxygen atoms in total. The molecular formula is C4H8O5. The highest BCUT2D eigenvalue weighted by molar-refractivity contribution is 5.53. The van der Waals surface area contributed by atoms with Crippen molar-refractivity contribution in [1.29, 1.82) is 0 Å². The first kappa shape index (κ1) is 8.19. The molecule has 1 unspecified atom stereocenters. The fourth-order valence-electron chi connectivity index (χ4n) is 0.173. The summed E-state index contributed by atoms with van der Waals surface area (Å²) in [5.41, 5.74) is 0. The Hall–Kier alpha value is -0.810. The zero-order valence-corrected chi connectivity index (χ0v) is 4.65. The smallest absolute Gasteiger partial charge is 0.450 e. The molecule has 1 heterocycles. The van der Waals surface area contributed by atoms with Crippen LogP contribution in [-0.2, 0) is 4.74 Å². The van der Waals surface area contributed by atoms with E-state index in [1.807, 2.05) is 0 Å². The maximum absolute atomic E-state index is 8.56. The third kappa shape index (κ3) is 11.0. The Bertz CT molecular complexity index is 83.0. The molecular weight excluding hydrogens is 128 g/mol. The summed E-state index contributed by atoms with van der Waals surface area (Å²) in [6.45, 7) is 0.955. The molecule has 1 saturated heterocycles. The summed E-state index contributed by atoms with van der Waals surface area (Å²) in [5.74, 6) is 0. The Balaban J connectivity index is 0.000000148. The first-order valence-corrected chi connectivity index (χ1v) is 2.31. The lowest BCUT2D eigenvalue weighted by atomic mass is 10.5. The lowest BCUT2D eigenvalue weighted by Gasteiger charge is -1.70. The summed E-state index contributed by atoms with van der Waals surface area (Å²) < 4.78 is 4.61. The van der Waals surface area contributed by atoms with Gasteiger partial charge in [-0.05, 0) is 0 Å². The molecule has 1 fully saturated rings. The Morgan fingerprint density at radius 3 is 2.00 bits per heavy atom. The van der Waals surface area contributed by atoms with Crippen molar-refractivity contribution in [3.8, 4) is 0 Å². The summed E-state index contributed by atoms with van der Waals surface area (Å²) in [7, 11) is 0. The first-order chi connectivity index (χ1) is 4.16. The number of epoxide rings is 1. The minimum atomic E-state index is -1.83. The van der Waals surface area contributed by atoms with Crippen LogP contribution in [0.1, 0.15) is 0 Å². The van der Waals surface area contributed by atoms with E-state index >= 15 is 0 Å². The quantitative estimate of drug-likeness (QED) is 0.426. The van der Waals surface area contributed by atoms with Crippen molar-refractivity contribution in [2.45, 2.75) is 6.10 Å². The topological polar surface area (TPSA) is 90.3 Å². The second kappa shape index (κ2) is 4.11. The van der Waals surface area contributed by atoms with E-state index in [-0.39, 0.29) is 12.7 Å². The molecule has 0 aromatic heterocycles. The zero-order valence-electron chi connectivity index (χ0n) is 4.65. The van der Waals surface area contributed by atoms with Gasteiger partial charge in [0, 0.05) is 0 Å². The van der Waals surface area contributed by atoms with Crippen molar-refractivity contribution in [1.82, 2.24) is 0 Å². The van der Waals surface area contributed by atoms with E-state index in [1.165, 1.54) is 0 Å². The highest BCUT2D eigenvalue weighted by Gasteiger charge is 2.19. The zero-order chi connectivity index (χ0) is 7.28. The van der Waals surface area contributed by atoms with Crippen molar-refractivity contribution < 1.29 is 24.9 Å². The molecule has 0 radical (unpaired) electrons. The van der Waals surface area contributed by atoms with Crippen LogP contribution >= 0.6 is 0 Å². The number of hydrogen-bond acceptors (Lipinski definition) is 3. The van der Waals surface area contributed by atoms with Crippen LogP contribution in [0, 0.1) is 0 Å². The molecule has 0 amide bonds. The molecule has 5 heteroatoms. The van der Waals surface area contributed by atoms with E-state index in [0.29, 0.717) is 0 Å². The third-order valence-electron chi connectivity index (χ3n) is 0.606. The van der Waals surface area contributed by atoms with Crippen LogP contribution in [0.15, 0.2) is 0 Å². The van der Waals surface area contributed by atoms with E-state index < -0.39 is 6.16 Å². The third-order valence-corrected chi connectivity index (χ3v) is 0.606. The van der Waals surface area contributed by atoms with Crippen LogP contribution in [0.5, 0.6) is 0 Å². The molecule has 9 heavy (non-hydrogen) atoms. The monoisotopic (exact) mass is 136 g/mol. The highest BCUT2D eigenvalue weighted by Crippen LogP contribution is 2.04. The summed E-state index contributed by atoms with van der Waals surface area (Å²) in [4.78, 5) is 8.56. The molecule has 3 N–H and O–H groups in total. The van der Waals surface area contributed by atoms with Gasteiger partial charge in [0.25, 0.3) is 0 Å². The predicted molar refractivity (Wildman–Crippen MR) is 27.5 cm³/mol. The lowest BCUT2D eigenvalue weighted by molar-refractivity contribution is 0.137. The number of rotatable bonds is 1. The average Bonchev–Trinajstić information content (AvgIpc) is 2.43. The molecule has 0 saturated carbocycles. The fourth-order valence-corrected chi connectivity index (χ4v) is 0.173. The van der Waals surface area contributed by atoms with Crippen LogP contribution in [0.2, 0.25) is 0 Å². The van der Waals surface area contributed by atoms with Crippen LogP contribution in [-0.4, -0.2) is 40.8 Å². The van der Waals surface area contributed by atoms with E-state index in [1.54, 1.807) is 0 Å². The Morgan fingerprint density at radius 2 is 2.00 bits per heavy atom. The van der Waals surface area contributed by atoms with Gasteiger partial charge in [-0.25, -0.2) is 4.79 Å². The number of carbonyl (C=O) groups is 1. The number of aliphatic hydroxyl groups is 1. The molecule has 1 atom stereocenters. The van der Waals surface area contributed by atoms with Gasteiger partial charge in [0.15, 0.2) is 0 Å². The number of carboxylic acid groups (broad SMARTS) is 2. The predicted octanol–water partition coefficient (Wildman–Crippen LogP) is -0.400. The van der Waals surface area contributed by atoms with Crippen molar-refractivity contribution in [2.24, 2.45) is 0 Å². The van der Waals surface area contributed by atoms with Crippen LogP contribution in [0.4, 0.5) is 4.79 Å². The van der Waals surface area contributed by atoms with Gasteiger partial charge in [0.05, 0.1) is 13.2 Å². The van der Waals surface area contributed by atoms with E-state index in [2.05, 4.69) is 4.74 Å². The molecule has 1 aliphatic heterocycles. The normalized spacial score (nSPS) is 21.7. The highest BCUT2D eigenvalue weighted by atomic mass is 16.6. The van der Waals surface area contributed by atoms with E-state index in [4.69, 9.17) is 20.1 Å². The number of aliphatic hydroxyl groups excluding tert-OH is 1. The van der Waals surface area contributed by atoms with Gasteiger partial charge in [-0.3, -0.25) is 0 Å². The average molecular weight is 136 g/mol. The molecule has 0 aromatic carbocycles. The molecule has 0 bridgehead atoms. The van der Waals surface area contributed by atoms with Crippen molar-refractivity contribution in [3.05, 3.63) is 0 Å². The van der Waals surface area contributed by atoms with Gasteiger partial charge in [-0.1, -0.05) is 0 Å². The van der Waals surface area contributed by atoms with Crippen molar-refractivity contribution >= 4 is 6.16 Å². The van der Waals surface area contributed by atoms with Gasteiger partial charge in [0.2, 0.25) is 0 Å². The second-order valence-corrected chi connectivity index (χ2v) is 1.42. The SMILES string of the molecule is O=C(O)O.OCC1CO1. The van der Waals surface area contributed by atoms with Gasteiger partial charge in [0.1, 0.15) is 6.10 Å².